The average molecular weight is 567 g/mol. The molecule has 42 heavy (non-hydrogen) atoms. The van der Waals surface area contributed by atoms with E-state index in [1.165, 1.54) is 18.2 Å². The van der Waals surface area contributed by atoms with Crippen LogP contribution in [0.5, 0.6) is 23.0 Å². The molecule has 7 nitrogen and oxygen atoms in total. The zero-order chi connectivity index (χ0) is 29.7. The molecular formula is C35H34O7. The van der Waals surface area contributed by atoms with Crippen LogP contribution in [-0.4, -0.2) is 27.9 Å². The van der Waals surface area contributed by atoms with Gasteiger partial charge in [-0.15, -0.1) is 0 Å². The number of benzene rings is 4. The van der Waals surface area contributed by atoms with E-state index in [4.69, 9.17) is 9.47 Å². The van der Waals surface area contributed by atoms with Gasteiger partial charge < -0.3 is 19.7 Å². The van der Waals surface area contributed by atoms with Gasteiger partial charge in [0, 0.05) is 6.42 Å². The van der Waals surface area contributed by atoms with Gasteiger partial charge in [-0.25, -0.2) is 9.59 Å². The molecule has 216 valence electrons. The van der Waals surface area contributed by atoms with Crippen molar-refractivity contribution in [2.24, 2.45) is 0 Å². The van der Waals surface area contributed by atoms with Gasteiger partial charge in [-0.3, -0.25) is 4.79 Å². The summed E-state index contributed by atoms with van der Waals surface area (Å²) in [6.07, 6.45) is 6.46. The molecule has 4 aromatic carbocycles. The molecular weight excluding hydrogens is 532 g/mol. The number of aryl methyl sites for hydroxylation is 1. The van der Waals surface area contributed by atoms with Crippen LogP contribution < -0.4 is 9.47 Å². The molecule has 0 fully saturated rings. The quantitative estimate of drug-likeness (QED) is 0.0697. The first-order chi connectivity index (χ1) is 20.4. The number of hydrogen-bond acceptors (Lipinski definition) is 7. The van der Waals surface area contributed by atoms with Crippen molar-refractivity contribution < 1.29 is 34.1 Å². The van der Waals surface area contributed by atoms with Crippen molar-refractivity contribution in [3.8, 4) is 23.0 Å². The van der Waals surface area contributed by atoms with Gasteiger partial charge in [-0.1, -0.05) is 74.2 Å². The van der Waals surface area contributed by atoms with Crippen LogP contribution in [0.3, 0.4) is 0 Å². The van der Waals surface area contributed by atoms with E-state index in [1.807, 2.05) is 12.1 Å². The van der Waals surface area contributed by atoms with Gasteiger partial charge in [0.05, 0.1) is 11.1 Å². The molecule has 0 radical (unpaired) electrons. The van der Waals surface area contributed by atoms with Crippen molar-refractivity contribution in [2.75, 3.05) is 0 Å². The van der Waals surface area contributed by atoms with Gasteiger partial charge in [0.2, 0.25) is 0 Å². The smallest absolute Gasteiger partial charge is 0.343 e. The molecule has 0 heterocycles. The Morgan fingerprint density at radius 1 is 0.548 bits per heavy atom. The van der Waals surface area contributed by atoms with Crippen LogP contribution in [-0.2, 0) is 6.42 Å². The molecule has 0 aliphatic heterocycles. The first-order valence-electron chi connectivity index (χ1n) is 14.1. The van der Waals surface area contributed by atoms with Crippen molar-refractivity contribution in [1.82, 2.24) is 0 Å². The SMILES string of the molecule is O=C(Oc1ccc(CCCCCCCCC(=O)c2c(O)cccc2OC(=O)c2ccccc2)cc1O)c1ccccc1. The van der Waals surface area contributed by atoms with E-state index in [0.29, 0.717) is 17.5 Å². The number of Topliss-reactive ketones (excluding diaryl/α,β-unsaturated/α-hetero) is 1. The fourth-order valence-corrected chi connectivity index (χ4v) is 4.60. The summed E-state index contributed by atoms with van der Waals surface area (Å²) >= 11 is 0. The summed E-state index contributed by atoms with van der Waals surface area (Å²) in [6.45, 7) is 0. The van der Waals surface area contributed by atoms with Crippen LogP contribution in [0.2, 0.25) is 0 Å². The van der Waals surface area contributed by atoms with E-state index >= 15 is 0 Å². The van der Waals surface area contributed by atoms with Gasteiger partial charge >= 0.3 is 11.9 Å². The van der Waals surface area contributed by atoms with Crippen molar-refractivity contribution in [1.29, 1.82) is 0 Å². The van der Waals surface area contributed by atoms with Crippen LogP contribution >= 0.6 is 0 Å². The first-order valence-corrected chi connectivity index (χ1v) is 14.1. The Balaban J connectivity index is 1.15. The Labute approximate surface area is 245 Å². The summed E-state index contributed by atoms with van der Waals surface area (Å²) in [5.41, 5.74) is 1.77. The third-order valence-corrected chi connectivity index (χ3v) is 6.85. The number of unbranched alkanes of at least 4 members (excludes halogenated alkanes) is 5. The molecule has 0 unspecified atom stereocenters. The highest BCUT2D eigenvalue weighted by atomic mass is 16.5. The Hall–Kier alpha value is -4.91. The Bertz CT molecular complexity index is 1500. The predicted octanol–water partition coefficient (Wildman–Crippen LogP) is 7.69. The number of ether oxygens (including phenoxy) is 2. The standard InChI is InChI=1S/C35H34O7/c36-28(33-29(37)20-13-21-32(33)42-35(40)27-17-10-6-11-18-27)19-12-4-2-1-3-7-14-25-22-23-31(30(38)24-25)41-34(39)26-15-8-5-9-16-26/h5-6,8-11,13,15-18,20-24,37-38H,1-4,7,12,14,19H2. The topological polar surface area (TPSA) is 110 Å². The second-order valence-corrected chi connectivity index (χ2v) is 10.0. The zero-order valence-electron chi connectivity index (χ0n) is 23.3. The predicted molar refractivity (Wildman–Crippen MR) is 159 cm³/mol. The zero-order valence-corrected chi connectivity index (χ0v) is 23.3. The number of ketones is 1. The number of carbonyl (C=O) groups excluding carboxylic acids is 3. The molecule has 7 heteroatoms. The van der Waals surface area contributed by atoms with Crippen molar-refractivity contribution in [3.05, 3.63) is 119 Å². The normalized spacial score (nSPS) is 10.7. The second kappa shape index (κ2) is 15.2. The number of phenols is 2. The van der Waals surface area contributed by atoms with E-state index in [-0.39, 0.29) is 40.8 Å². The van der Waals surface area contributed by atoms with Crippen molar-refractivity contribution in [3.63, 3.8) is 0 Å². The van der Waals surface area contributed by atoms with Crippen LogP contribution in [0.25, 0.3) is 0 Å². The summed E-state index contributed by atoms with van der Waals surface area (Å²) < 4.78 is 10.7. The monoisotopic (exact) mass is 566 g/mol. The summed E-state index contributed by atoms with van der Waals surface area (Å²) in [5, 5.41) is 20.6. The molecule has 0 saturated carbocycles. The van der Waals surface area contributed by atoms with E-state index < -0.39 is 11.9 Å². The summed E-state index contributed by atoms with van der Waals surface area (Å²) in [5.74, 6) is -1.45. The van der Waals surface area contributed by atoms with Crippen LogP contribution in [0.1, 0.15) is 81.6 Å². The number of hydrogen-bond donors (Lipinski definition) is 2. The maximum Gasteiger partial charge on any atom is 0.343 e. The fourth-order valence-electron chi connectivity index (χ4n) is 4.60. The molecule has 0 atom stereocenters. The number of carbonyl (C=O) groups is 3. The second-order valence-electron chi connectivity index (χ2n) is 10.0. The van der Waals surface area contributed by atoms with Gasteiger partial charge in [-0.05, 0) is 73.4 Å². The third-order valence-electron chi connectivity index (χ3n) is 6.85. The fraction of sp³-hybridized carbons (Fsp3) is 0.229. The molecule has 2 N–H and O–H groups in total. The van der Waals surface area contributed by atoms with E-state index in [0.717, 1.165) is 44.1 Å². The molecule has 0 bridgehead atoms. The Kier molecular flexibility index (Phi) is 10.9. The minimum absolute atomic E-state index is 0.0332. The highest BCUT2D eigenvalue weighted by molar-refractivity contribution is 6.02. The first kappa shape index (κ1) is 30.1. The molecule has 0 amide bonds. The molecule has 4 aromatic rings. The lowest BCUT2D eigenvalue weighted by Crippen LogP contribution is -2.11. The highest BCUT2D eigenvalue weighted by Gasteiger charge is 2.20. The minimum Gasteiger partial charge on any atom is -0.507 e. The molecule has 0 spiro atoms. The average Bonchev–Trinajstić information content (AvgIpc) is 3.00. The Morgan fingerprint density at radius 2 is 1.12 bits per heavy atom. The molecule has 0 saturated heterocycles. The van der Waals surface area contributed by atoms with Crippen molar-refractivity contribution in [2.45, 2.75) is 51.4 Å². The van der Waals surface area contributed by atoms with Gasteiger partial charge in [0.25, 0.3) is 0 Å². The largest absolute Gasteiger partial charge is 0.507 e. The number of aromatic hydroxyl groups is 2. The maximum absolute atomic E-state index is 12.9. The number of rotatable bonds is 14. The Morgan fingerprint density at radius 3 is 1.74 bits per heavy atom. The third kappa shape index (κ3) is 8.54. The van der Waals surface area contributed by atoms with Gasteiger partial charge in [0.15, 0.2) is 17.3 Å². The molecule has 0 aliphatic rings. The summed E-state index contributed by atoms with van der Waals surface area (Å²) in [6, 6.07) is 26.7. The van der Waals surface area contributed by atoms with E-state index in [1.54, 1.807) is 66.7 Å². The lowest BCUT2D eigenvalue weighted by molar-refractivity contribution is 0.0720. The van der Waals surface area contributed by atoms with Crippen LogP contribution in [0.4, 0.5) is 0 Å². The maximum atomic E-state index is 12.9. The summed E-state index contributed by atoms with van der Waals surface area (Å²) in [7, 11) is 0. The van der Waals surface area contributed by atoms with Crippen LogP contribution in [0, 0.1) is 0 Å². The highest BCUT2D eigenvalue weighted by Crippen LogP contribution is 2.31. The van der Waals surface area contributed by atoms with Gasteiger partial charge in [-0.2, -0.15) is 0 Å². The lowest BCUT2D eigenvalue weighted by Gasteiger charge is -2.11. The number of esters is 2. The molecule has 0 aliphatic carbocycles. The summed E-state index contributed by atoms with van der Waals surface area (Å²) in [4.78, 5) is 37.5. The van der Waals surface area contributed by atoms with E-state index in [2.05, 4.69) is 0 Å². The lowest BCUT2D eigenvalue weighted by atomic mass is 10.0. The minimum atomic E-state index is -0.590. The molecule has 0 aromatic heterocycles. The van der Waals surface area contributed by atoms with Crippen LogP contribution in [0.15, 0.2) is 97.1 Å². The molecule has 4 rings (SSSR count). The number of phenolic OH excluding ortho intramolecular Hbond substituents is 2. The van der Waals surface area contributed by atoms with E-state index in [9.17, 15) is 24.6 Å². The van der Waals surface area contributed by atoms with Gasteiger partial charge in [0.1, 0.15) is 17.1 Å². The van der Waals surface area contributed by atoms with Crippen molar-refractivity contribution >= 4 is 17.7 Å².